The Bertz CT molecular complexity index is 993. The minimum Gasteiger partial charge on any atom is -0.496 e. The van der Waals surface area contributed by atoms with Crippen LogP contribution in [0.3, 0.4) is 0 Å². The fourth-order valence-corrected chi connectivity index (χ4v) is 3.10. The Hall–Kier alpha value is -2.98. The van der Waals surface area contributed by atoms with E-state index in [1.54, 1.807) is 19.1 Å². The van der Waals surface area contributed by atoms with Crippen molar-refractivity contribution in [3.8, 4) is 5.75 Å². The van der Waals surface area contributed by atoms with Gasteiger partial charge in [0.1, 0.15) is 11.6 Å². The number of likely N-dealkylation sites (N-methyl/N-ethyl adjacent to an activating group) is 1. The first-order valence-electron chi connectivity index (χ1n) is 8.67. The van der Waals surface area contributed by atoms with Gasteiger partial charge in [-0.1, -0.05) is 12.1 Å². The number of methoxy groups -OCH3 is 1. The standard InChI is InChI=1S/C19H22FN3O5S/c1-3-23(12-18(24)22-11-13-4-6-14(20)7-5-13)19(25)16-10-15(29(21,26)27)8-9-17(16)28-2/h4-10H,3,11-12H2,1-2H3,(H,22,24)(H2,21,26,27). The molecule has 3 N–H and O–H groups in total. The number of primary sulfonamides is 1. The van der Waals surface area contributed by atoms with Gasteiger partial charge >= 0.3 is 0 Å². The zero-order chi connectivity index (χ0) is 21.6. The van der Waals surface area contributed by atoms with E-state index in [1.165, 1.54) is 36.3 Å². The molecule has 2 rings (SSSR count). The van der Waals surface area contributed by atoms with Crippen LogP contribution < -0.4 is 15.2 Å². The van der Waals surface area contributed by atoms with Crippen LogP contribution in [0.15, 0.2) is 47.4 Å². The lowest BCUT2D eigenvalue weighted by Crippen LogP contribution is -2.40. The van der Waals surface area contributed by atoms with Crippen LogP contribution in [0.25, 0.3) is 0 Å². The number of nitrogens with zero attached hydrogens (tertiary/aromatic N) is 1. The van der Waals surface area contributed by atoms with Gasteiger partial charge in [-0.25, -0.2) is 17.9 Å². The van der Waals surface area contributed by atoms with Crippen LogP contribution in [-0.2, 0) is 21.4 Å². The molecule has 0 saturated heterocycles. The molecule has 0 aromatic heterocycles. The van der Waals surface area contributed by atoms with Gasteiger partial charge in [-0.3, -0.25) is 9.59 Å². The molecule has 0 radical (unpaired) electrons. The lowest BCUT2D eigenvalue weighted by Gasteiger charge is -2.22. The second-order valence-corrected chi connectivity index (χ2v) is 7.69. The van der Waals surface area contributed by atoms with E-state index in [0.29, 0.717) is 5.56 Å². The summed E-state index contributed by atoms with van der Waals surface area (Å²) in [5.74, 6) is -1.22. The van der Waals surface area contributed by atoms with Crippen molar-refractivity contribution in [2.75, 3.05) is 20.2 Å². The maximum atomic E-state index is 12.9. The number of nitrogens with two attached hydrogens (primary N) is 1. The Labute approximate surface area is 168 Å². The predicted molar refractivity (Wildman–Crippen MR) is 104 cm³/mol. The maximum absolute atomic E-state index is 12.9. The van der Waals surface area contributed by atoms with Crippen molar-refractivity contribution >= 4 is 21.8 Å². The SMILES string of the molecule is CCN(CC(=O)NCc1ccc(F)cc1)C(=O)c1cc(S(N)(=O)=O)ccc1OC. The molecule has 0 bridgehead atoms. The van der Waals surface area contributed by atoms with Crippen LogP contribution in [-0.4, -0.2) is 45.3 Å². The van der Waals surface area contributed by atoms with Crippen molar-refractivity contribution in [1.82, 2.24) is 10.2 Å². The Morgan fingerprint density at radius 1 is 1.17 bits per heavy atom. The third-order valence-corrected chi connectivity index (χ3v) is 5.05. The quantitative estimate of drug-likeness (QED) is 0.663. The topological polar surface area (TPSA) is 119 Å². The monoisotopic (exact) mass is 423 g/mol. The molecule has 0 fully saturated rings. The van der Waals surface area contributed by atoms with Gasteiger partial charge in [0.2, 0.25) is 15.9 Å². The number of carbonyl (C=O) groups excluding carboxylic acids is 2. The Morgan fingerprint density at radius 3 is 2.38 bits per heavy atom. The summed E-state index contributed by atoms with van der Waals surface area (Å²) in [6, 6.07) is 9.34. The molecule has 8 nitrogen and oxygen atoms in total. The average Bonchev–Trinajstić information content (AvgIpc) is 2.69. The van der Waals surface area contributed by atoms with Gasteiger partial charge in [-0.15, -0.1) is 0 Å². The van der Waals surface area contributed by atoms with Crippen LogP contribution in [0.1, 0.15) is 22.8 Å². The van der Waals surface area contributed by atoms with Crippen molar-refractivity contribution < 1.29 is 27.1 Å². The number of hydrogen-bond acceptors (Lipinski definition) is 5. The van der Waals surface area contributed by atoms with E-state index in [1.807, 2.05) is 0 Å². The van der Waals surface area contributed by atoms with E-state index >= 15 is 0 Å². The van der Waals surface area contributed by atoms with Crippen LogP contribution >= 0.6 is 0 Å². The third-order valence-electron chi connectivity index (χ3n) is 4.14. The van der Waals surface area contributed by atoms with Crippen LogP contribution in [0, 0.1) is 5.82 Å². The van der Waals surface area contributed by atoms with Gasteiger partial charge in [0.15, 0.2) is 0 Å². The van der Waals surface area contributed by atoms with Gasteiger partial charge in [0, 0.05) is 13.1 Å². The van der Waals surface area contributed by atoms with Crippen LogP contribution in [0.5, 0.6) is 5.75 Å². The summed E-state index contributed by atoms with van der Waals surface area (Å²) >= 11 is 0. The first-order chi connectivity index (χ1) is 13.7. The number of hydrogen-bond donors (Lipinski definition) is 2. The first-order valence-corrected chi connectivity index (χ1v) is 10.2. The molecule has 0 saturated carbocycles. The van der Waals surface area contributed by atoms with Crippen LogP contribution in [0.4, 0.5) is 4.39 Å². The molecule has 2 amide bonds. The summed E-state index contributed by atoms with van der Waals surface area (Å²) in [4.78, 5) is 26.1. The summed E-state index contributed by atoms with van der Waals surface area (Å²) in [7, 11) is -2.67. The molecule has 10 heteroatoms. The number of sulfonamides is 1. The highest BCUT2D eigenvalue weighted by molar-refractivity contribution is 7.89. The van der Waals surface area contributed by atoms with E-state index in [4.69, 9.17) is 9.88 Å². The van der Waals surface area contributed by atoms with E-state index in [0.717, 1.165) is 6.07 Å². The second-order valence-electron chi connectivity index (χ2n) is 6.13. The van der Waals surface area contributed by atoms with Crippen LogP contribution in [0.2, 0.25) is 0 Å². The molecule has 2 aromatic carbocycles. The summed E-state index contributed by atoms with van der Waals surface area (Å²) in [5, 5.41) is 7.78. The number of nitrogens with one attached hydrogen (secondary N) is 1. The molecule has 0 atom stereocenters. The second kappa shape index (κ2) is 9.48. The normalized spacial score (nSPS) is 11.0. The summed E-state index contributed by atoms with van der Waals surface area (Å²) in [6.07, 6.45) is 0. The average molecular weight is 423 g/mol. The largest absolute Gasteiger partial charge is 0.496 e. The molecule has 0 spiro atoms. The smallest absolute Gasteiger partial charge is 0.258 e. The predicted octanol–water partition coefficient (Wildman–Crippen LogP) is 1.26. The molecule has 0 aliphatic heterocycles. The molecular formula is C19H22FN3O5S. The number of benzene rings is 2. The number of amides is 2. The maximum Gasteiger partial charge on any atom is 0.258 e. The first kappa shape index (κ1) is 22.3. The van der Waals surface area contributed by atoms with Gasteiger partial charge in [0.25, 0.3) is 5.91 Å². The summed E-state index contributed by atoms with van der Waals surface area (Å²) in [6.45, 7) is 1.81. The minimum atomic E-state index is -4.01. The number of carbonyl (C=O) groups is 2. The lowest BCUT2D eigenvalue weighted by atomic mass is 10.1. The van der Waals surface area contributed by atoms with E-state index in [2.05, 4.69) is 5.32 Å². The summed E-state index contributed by atoms with van der Waals surface area (Å²) in [5.41, 5.74) is 0.684. The molecular weight excluding hydrogens is 401 g/mol. The number of halogens is 1. The van der Waals surface area contributed by atoms with Gasteiger partial charge in [-0.05, 0) is 42.8 Å². The molecule has 2 aromatic rings. The van der Waals surface area contributed by atoms with Crippen molar-refractivity contribution in [2.45, 2.75) is 18.4 Å². The molecule has 0 unspecified atom stereocenters. The molecule has 29 heavy (non-hydrogen) atoms. The highest BCUT2D eigenvalue weighted by atomic mass is 32.2. The van der Waals surface area contributed by atoms with Gasteiger partial charge in [-0.2, -0.15) is 0 Å². The number of ether oxygens (including phenoxy) is 1. The highest BCUT2D eigenvalue weighted by Gasteiger charge is 2.23. The third kappa shape index (κ3) is 6.00. The molecule has 0 aliphatic carbocycles. The van der Waals surface area contributed by atoms with Crippen molar-refractivity contribution in [1.29, 1.82) is 0 Å². The molecule has 0 aliphatic rings. The fraction of sp³-hybridized carbons (Fsp3) is 0.263. The fourth-order valence-electron chi connectivity index (χ4n) is 2.56. The molecule has 0 heterocycles. The Kier molecular flexibility index (Phi) is 7.29. The van der Waals surface area contributed by atoms with E-state index < -0.39 is 21.8 Å². The molecule has 156 valence electrons. The Morgan fingerprint density at radius 2 is 1.83 bits per heavy atom. The zero-order valence-corrected chi connectivity index (χ0v) is 16.8. The van der Waals surface area contributed by atoms with Gasteiger partial charge in [0.05, 0.1) is 24.1 Å². The zero-order valence-electron chi connectivity index (χ0n) is 16.0. The lowest BCUT2D eigenvalue weighted by molar-refractivity contribution is -0.121. The van der Waals surface area contributed by atoms with Crippen molar-refractivity contribution in [3.05, 3.63) is 59.4 Å². The Balaban J connectivity index is 2.13. The van der Waals surface area contributed by atoms with Crippen molar-refractivity contribution in [3.63, 3.8) is 0 Å². The minimum absolute atomic E-state index is 0.0211. The van der Waals surface area contributed by atoms with Gasteiger partial charge < -0.3 is 15.0 Å². The van der Waals surface area contributed by atoms with E-state index in [9.17, 15) is 22.4 Å². The summed E-state index contributed by atoms with van der Waals surface area (Å²) < 4.78 is 41.2. The van der Waals surface area contributed by atoms with Crippen molar-refractivity contribution in [2.24, 2.45) is 5.14 Å². The number of rotatable bonds is 8. The van der Waals surface area contributed by atoms with E-state index in [-0.39, 0.29) is 41.7 Å². The highest BCUT2D eigenvalue weighted by Crippen LogP contribution is 2.23.